The first kappa shape index (κ1) is 23.7. The Morgan fingerprint density at radius 2 is 1.86 bits per heavy atom. The minimum Gasteiger partial charge on any atom is -0.457 e. The number of hydrogen-bond donors (Lipinski definition) is 2. The van der Waals surface area contributed by atoms with Crippen molar-refractivity contribution in [3.63, 3.8) is 0 Å². The molecule has 178 valence electrons. The molecule has 0 aliphatic rings. The molecule has 0 unspecified atom stereocenters. The maximum absolute atomic E-state index is 12.3. The van der Waals surface area contributed by atoms with E-state index >= 15 is 0 Å². The molecule has 2 N–H and O–H groups in total. The zero-order valence-electron chi connectivity index (χ0n) is 18.4. The van der Waals surface area contributed by atoms with Gasteiger partial charge in [-0.15, -0.1) is 0 Å². The number of amides is 1. The highest BCUT2D eigenvalue weighted by Crippen LogP contribution is 2.34. The molecule has 2 aromatic carbocycles. The van der Waals surface area contributed by atoms with Gasteiger partial charge >= 0.3 is 0 Å². The molecule has 3 aromatic heterocycles. The second-order valence-electron chi connectivity index (χ2n) is 7.51. The summed E-state index contributed by atoms with van der Waals surface area (Å²) in [5.41, 5.74) is 3.18. The fourth-order valence-corrected chi connectivity index (χ4v) is 3.99. The Kier molecular flexibility index (Phi) is 6.81. The summed E-state index contributed by atoms with van der Waals surface area (Å²) in [6.45, 7) is 0. The van der Waals surface area contributed by atoms with Crippen LogP contribution in [0.2, 0.25) is 10.0 Å². The van der Waals surface area contributed by atoms with Crippen LogP contribution in [0.3, 0.4) is 0 Å². The molecule has 5 aromatic rings. The van der Waals surface area contributed by atoms with Crippen LogP contribution in [0.4, 0.5) is 5.69 Å². The van der Waals surface area contributed by atoms with Gasteiger partial charge in [0.2, 0.25) is 11.8 Å². The van der Waals surface area contributed by atoms with Crippen LogP contribution >= 0.6 is 35.4 Å². The van der Waals surface area contributed by atoms with E-state index in [0.717, 1.165) is 5.56 Å². The lowest BCUT2D eigenvalue weighted by atomic mass is 10.2. The summed E-state index contributed by atoms with van der Waals surface area (Å²) in [4.78, 5) is 20.9. The largest absolute Gasteiger partial charge is 0.457 e. The molecule has 0 atom stereocenters. The van der Waals surface area contributed by atoms with Crippen LogP contribution in [0.5, 0.6) is 0 Å². The van der Waals surface area contributed by atoms with E-state index in [-0.39, 0.29) is 5.11 Å². The summed E-state index contributed by atoms with van der Waals surface area (Å²) in [5.74, 6) is 1.01. The number of furan rings is 1. The fourth-order valence-electron chi connectivity index (χ4n) is 3.38. The number of benzene rings is 2. The molecule has 0 saturated carbocycles. The number of nitrogens with one attached hydrogen (secondary N) is 2. The maximum Gasteiger partial charge on any atom is 0.250 e. The fraction of sp³-hybridized carbons (Fsp3) is 0. The summed E-state index contributed by atoms with van der Waals surface area (Å²) in [5, 5.41) is 6.54. The minimum atomic E-state index is -0.424. The number of carbonyl (C=O) groups excluding carboxylic acids is 1. The molecule has 0 aliphatic carbocycles. The smallest absolute Gasteiger partial charge is 0.250 e. The van der Waals surface area contributed by atoms with Gasteiger partial charge in [-0.3, -0.25) is 10.1 Å². The Hall–Kier alpha value is -3.98. The molecule has 10 heteroatoms. The Labute approximate surface area is 220 Å². The number of rotatable bonds is 5. The lowest BCUT2D eigenvalue weighted by molar-refractivity contribution is -0.115. The summed E-state index contributed by atoms with van der Waals surface area (Å²) >= 11 is 17.6. The van der Waals surface area contributed by atoms with Crippen LogP contribution in [0.1, 0.15) is 5.76 Å². The third-order valence-electron chi connectivity index (χ3n) is 5.01. The third kappa shape index (κ3) is 5.31. The normalized spacial score (nSPS) is 11.2. The van der Waals surface area contributed by atoms with Gasteiger partial charge in [-0.1, -0.05) is 35.3 Å². The van der Waals surface area contributed by atoms with Crippen LogP contribution in [0.25, 0.3) is 40.1 Å². The molecule has 0 radical (unpaired) electrons. The van der Waals surface area contributed by atoms with Gasteiger partial charge in [0, 0.05) is 29.1 Å². The van der Waals surface area contributed by atoms with E-state index in [1.165, 1.54) is 12.2 Å². The predicted molar refractivity (Wildman–Crippen MR) is 145 cm³/mol. The average molecular weight is 535 g/mol. The van der Waals surface area contributed by atoms with Crippen molar-refractivity contribution in [3.05, 3.63) is 94.8 Å². The number of fused-ring (bicyclic) bond motifs is 1. The van der Waals surface area contributed by atoms with Gasteiger partial charge in [0.05, 0.1) is 10.0 Å². The molecule has 3 heterocycles. The van der Waals surface area contributed by atoms with E-state index in [1.54, 1.807) is 48.7 Å². The lowest BCUT2D eigenvalue weighted by Gasteiger charge is -2.08. The minimum absolute atomic E-state index is 0.131. The van der Waals surface area contributed by atoms with E-state index < -0.39 is 5.91 Å². The lowest BCUT2D eigenvalue weighted by Crippen LogP contribution is -2.32. The molecule has 0 spiro atoms. The Bertz CT molecular complexity index is 1590. The van der Waals surface area contributed by atoms with Crippen molar-refractivity contribution in [3.8, 4) is 22.8 Å². The van der Waals surface area contributed by atoms with Crippen molar-refractivity contribution >= 4 is 69.4 Å². The SMILES string of the molecule is O=C(C=Cc1ccc(-c2cccc(Cl)c2Cl)o1)NC(=S)Nc1cccc(-c2nc3ncccc3o2)c1. The molecular formula is C26H16Cl2N4O3S. The van der Waals surface area contributed by atoms with Gasteiger partial charge in [0.15, 0.2) is 16.3 Å². The van der Waals surface area contributed by atoms with Crippen LogP contribution in [-0.4, -0.2) is 21.0 Å². The average Bonchev–Trinajstić information content (AvgIpc) is 3.52. The maximum atomic E-state index is 12.3. The highest BCUT2D eigenvalue weighted by atomic mass is 35.5. The van der Waals surface area contributed by atoms with Gasteiger partial charge in [-0.25, -0.2) is 4.98 Å². The van der Waals surface area contributed by atoms with Gasteiger partial charge < -0.3 is 14.2 Å². The highest BCUT2D eigenvalue weighted by molar-refractivity contribution is 7.80. The van der Waals surface area contributed by atoms with Crippen molar-refractivity contribution in [2.45, 2.75) is 0 Å². The second kappa shape index (κ2) is 10.3. The topological polar surface area (TPSA) is 93.2 Å². The number of aromatic nitrogens is 2. The number of anilines is 1. The third-order valence-corrected chi connectivity index (χ3v) is 6.03. The van der Waals surface area contributed by atoms with E-state index in [2.05, 4.69) is 20.6 Å². The van der Waals surface area contributed by atoms with E-state index in [9.17, 15) is 4.79 Å². The number of oxazole rings is 1. The molecule has 0 fully saturated rings. The number of halogens is 2. The number of carbonyl (C=O) groups is 1. The van der Waals surface area contributed by atoms with Crippen molar-refractivity contribution in [1.82, 2.24) is 15.3 Å². The Morgan fingerprint density at radius 3 is 2.72 bits per heavy atom. The zero-order chi connectivity index (χ0) is 25.1. The monoisotopic (exact) mass is 534 g/mol. The highest BCUT2D eigenvalue weighted by Gasteiger charge is 2.12. The molecule has 36 heavy (non-hydrogen) atoms. The van der Waals surface area contributed by atoms with Gasteiger partial charge in [-0.05, 0) is 72.9 Å². The van der Waals surface area contributed by atoms with E-state index in [1.807, 2.05) is 24.3 Å². The summed E-state index contributed by atoms with van der Waals surface area (Å²) < 4.78 is 11.5. The number of pyridine rings is 1. The van der Waals surface area contributed by atoms with Crippen LogP contribution in [-0.2, 0) is 4.79 Å². The number of hydrogen-bond acceptors (Lipinski definition) is 6. The Balaban J connectivity index is 1.21. The quantitative estimate of drug-likeness (QED) is 0.185. The molecule has 0 aliphatic heterocycles. The number of thiocarbonyl (C=S) groups is 1. The molecular weight excluding hydrogens is 519 g/mol. The first-order chi connectivity index (χ1) is 17.5. The van der Waals surface area contributed by atoms with Gasteiger partial charge in [0.1, 0.15) is 11.5 Å². The summed E-state index contributed by atoms with van der Waals surface area (Å²) in [6.07, 6.45) is 4.50. The summed E-state index contributed by atoms with van der Waals surface area (Å²) in [6, 6.07) is 19.6. The van der Waals surface area contributed by atoms with Crippen LogP contribution < -0.4 is 10.6 Å². The zero-order valence-corrected chi connectivity index (χ0v) is 20.7. The summed E-state index contributed by atoms with van der Waals surface area (Å²) in [7, 11) is 0. The van der Waals surface area contributed by atoms with Gasteiger partial charge in [-0.2, -0.15) is 4.98 Å². The van der Waals surface area contributed by atoms with E-state index in [0.29, 0.717) is 49.9 Å². The van der Waals surface area contributed by atoms with Crippen molar-refractivity contribution in [1.29, 1.82) is 0 Å². The molecule has 0 bridgehead atoms. The van der Waals surface area contributed by atoms with Crippen LogP contribution in [0.15, 0.2) is 87.8 Å². The van der Waals surface area contributed by atoms with E-state index in [4.69, 9.17) is 44.3 Å². The van der Waals surface area contributed by atoms with Gasteiger partial charge in [0.25, 0.3) is 0 Å². The van der Waals surface area contributed by atoms with Crippen LogP contribution in [0, 0.1) is 0 Å². The Morgan fingerprint density at radius 1 is 1.00 bits per heavy atom. The molecule has 7 nitrogen and oxygen atoms in total. The molecule has 0 saturated heterocycles. The second-order valence-corrected chi connectivity index (χ2v) is 8.70. The molecule has 5 rings (SSSR count). The van der Waals surface area contributed by atoms with Crippen molar-refractivity contribution in [2.24, 2.45) is 0 Å². The first-order valence-electron chi connectivity index (χ1n) is 10.6. The van der Waals surface area contributed by atoms with Crippen molar-refractivity contribution in [2.75, 3.05) is 5.32 Å². The first-order valence-corrected chi connectivity index (χ1v) is 11.8. The number of nitrogens with zero attached hydrogens (tertiary/aromatic N) is 2. The van der Waals surface area contributed by atoms with Crippen molar-refractivity contribution < 1.29 is 13.6 Å². The standard InChI is InChI=1S/C26H16Cl2N4O3S/c27-19-7-2-6-18(23(19)28)20-11-9-17(34-20)10-12-22(33)31-26(36)30-16-5-1-4-15(14-16)25-32-24-21(35-25)8-3-13-29-24/h1-14H,(H2,30,31,33,36). The molecule has 1 amide bonds. The predicted octanol–water partition coefficient (Wildman–Crippen LogP) is 6.98.